The van der Waals surface area contributed by atoms with Crippen LogP contribution in [0.4, 0.5) is 0 Å². The van der Waals surface area contributed by atoms with Gasteiger partial charge < -0.3 is 0 Å². The fourth-order valence-corrected chi connectivity index (χ4v) is 4.30. The Hall–Kier alpha value is -2.26. The summed E-state index contributed by atoms with van der Waals surface area (Å²) in [6, 6.07) is 17.7. The summed E-state index contributed by atoms with van der Waals surface area (Å²) in [5, 5.41) is 0. The van der Waals surface area contributed by atoms with Crippen LogP contribution in [0.1, 0.15) is 86.5 Å². The molecule has 0 bridgehead atoms. The molecular formula is C29H36. The summed E-state index contributed by atoms with van der Waals surface area (Å²) in [7, 11) is 0. The van der Waals surface area contributed by atoms with Crippen molar-refractivity contribution in [3.63, 3.8) is 0 Å². The quantitative estimate of drug-likeness (QED) is 0.234. The third-order valence-electron chi connectivity index (χ3n) is 6.20. The van der Waals surface area contributed by atoms with Gasteiger partial charge in [-0.05, 0) is 79.8 Å². The molecule has 2 aromatic carbocycles. The number of hydrogen-bond acceptors (Lipinski definition) is 0. The van der Waals surface area contributed by atoms with Crippen molar-refractivity contribution in [3.8, 4) is 11.8 Å². The van der Waals surface area contributed by atoms with Crippen LogP contribution in [0.5, 0.6) is 0 Å². The molecule has 0 amide bonds. The zero-order valence-corrected chi connectivity index (χ0v) is 18.0. The molecule has 1 aliphatic carbocycles. The zero-order valence-electron chi connectivity index (χ0n) is 18.0. The maximum atomic E-state index is 3.78. The molecule has 3 rings (SSSR count). The monoisotopic (exact) mass is 384 g/mol. The van der Waals surface area contributed by atoms with Crippen LogP contribution in [0.25, 0.3) is 0 Å². The van der Waals surface area contributed by atoms with Gasteiger partial charge in [0.2, 0.25) is 0 Å². The van der Waals surface area contributed by atoms with Crippen LogP contribution >= 0.6 is 0 Å². The second-order valence-corrected chi connectivity index (χ2v) is 8.57. The Balaban J connectivity index is 1.44. The molecule has 0 nitrogen and oxygen atoms in total. The summed E-state index contributed by atoms with van der Waals surface area (Å²) >= 11 is 0. The lowest BCUT2D eigenvalue weighted by Crippen LogP contribution is -2.07. The second kappa shape index (κ2) is 12.3. The van der Waals surface area contributed by atoms with Gasteiger partial charge in [-0.15, -0.1) is 6.58 Å². The molecule has 2 aromatic rings. The highest BCUT2D eigenvalue weighted by Crippen LogP contribution is 2.27. The summed E-state index contributed by atoms with van der Waals surface area (Å²) in [4.78, 5) is 0. The third kappa shape index (κ3) is 7.94. The number of rotatable bonds is 9. The molecule has 0 heteroatoms. The topological polar surface area (TPSA) is 0 Å². The van der Waals surface area contributed by atoms with Crippen LogP contribution in [-0.2, 0) is 12.8 Å². The first kappa shape index (κ1) is 21.4. The molecule has 1 saturated carbocycles. The van der Waals surface area contributed by atoms with E-state index in [1.54, 1.807) is 0 Å². The SMILES string of the molecule is C=CCCCCCc1ccc(C#Cc2ccc(CCC3CCCCC3)cc2)cc1. The van der Waals surface area contributed by atoms with Crippen LogP contribution in [0.15, 0.2) is 61.2 Å². The number of aryl methyl sites for hydroxylation is 2. The summed E-state index contributed by atoms with van der Waals surface area (Å²) in [6.45, 7) is 3.78. The third-order valence-corrected chi connectivity index (χ3v) is 6.20. The normalized spacial score (nSPS) is 14.2. The molecule has 0 atom stereocenters. The van der Waals surface area contributed by atoms with E-state index in [9.17, 15) is 0 Å². The van der Waals surface area contributed by atoms with Gasteiger partial charge in [-0.25, -0.2) is 0 Å². The molecule has 0 aliphatic heterocycles. The van der Waals surface area contributed by atoms with Gasteiger partial charge in [-0.1, -0.05) is 80.7 Å². The Morgan fingerprint density at radius 1 is 0.724 bits per heavy atom. The predicted octanol–water partition coefficient (Wildman–Crippen LogP) is 7.89. The lowest BCUT2D eigenvalue weighted by atomic mass is 9.85. The van der Waals surface area contributed by atoms with Crippen molar-refractivity contribution in [3.05, 3.63) is 83.4 Å². The van der Waals surface area contributed by atoms with E-state index in [0.717, 1.165) is 29.9 Å². The fourth-order valence-electron chi connectivity index (χ4n) is 4.30. The van der Waals surface area contributed by atoms with E-state index >= 15 is 0 Å². The van der Waals surface area contributed by atoms with Gasteiger partial charge in [-0.2, -0.15) is 0 Å². The molecule has 29 heavy (non-hydrogen) atoms. The van der Waals surface area contributed by atoms with Crippen molar-refractivity contribution in [2.24, 2.45) is 5.92 Å². The zero-order chi connectivity index (χ0) is 20.2. The average molecular weight is 385 g/mol. The molecule has 0 saturated heterocycles. The summed E-state index contributed by atoms with van der Waals surface area (Å²) in [6.07, 6.45) is 17.9. The number of allylic oxidation sites excluding steroid dienone is 1. The Labute approximate surface area is 178 Å². The Morgan fingerprint density at radius 3 is 1.90 bits per heavy atom. The van der Waals surface area contributed by atoms with Gasteiger partial charge in [0.05, 0.1) is 0 Å². The first-order valence-corrected chi connectivity index (χ1v) is 11.6. The van der Waals surface area contributed by atoms with Gasteiger partial charge >= 0.3 is 0 Å². The van der Waals surface area contributed by atoms with Crippen molar-refractivity contribution in [2.45, 2.75) is 77.0 Å². The number of hydrogen-bond donors (Lipinski definition) is 0. The summed E-state index contributed by atoms with van der Waals surface area (Å²) in [5.41, 5.74) is 5.08. The molecule has 152 valence electrons. The lowest BCUT2D eigenvalue weighted by molar-refractivity contribution is 0.339. The highest BCUT2D eigenvalue weighted by molar-refractivity contribution is 5.44. The van der Waals surface area contributed by atoms with Gasteiger partial charge in [0.15, 0.2) is 0 Å². The smallest absolute Gasteiger partial charge is 0.0249 e. The van der Waals surface area contributed by atoms with E-state index in [-0.39, 0.29) is 0 Å². The molecule has 0 N–H and O–H groups in total. The first-order chi connectivity index (χ1) is 14.3. The largest absolute Gasteiger partial charge is 0.103 e. The number of unbranched alkanes of at least 4 members (excludes halogenated alkanes) is 3. The van der Waals surface area contributed by atoms with Crippen LogP contribution < -0.4 is 0 Å². The molecule has 0 aromatic heterocycles. The van der Waals surface area contributed by atoms with Gasteiger partial charge in [0, 0.05) is 11.1 Å². The van der Waals surface area contributed by atoms with Crippen LogP contribution in [0.3, 0.4) is 0 Å². The summed E-state index contributed by atoms with van der Waals surface area (Å²) < 4.78 is 0. The van der Waals surface area contributed by atoms with Crippen molar-refractivity contribution in [2.75, 3.05) is 0 Å². The minimum absolute atomic E-state index is 0.957. The minimum atomic E-state index is 0.957. The molecule has 1 aliphatic rings. The molecule has 0 heterocycles. The van der Waals surface area contributed by atoms with Crippen molar-refractivity contribution in [1.29, 1.82) is 0 Å². The van der Waals surface area contributed by atoms with Crippen LogP contribution in [-0.4, -0.2) is 0 Å². The highest BCUT2D eigenvalue weighted by atomic mass is 14.2. The van der Waals surface area contributed by atoms with Crippen molar-refractivity contribution < 1.29 is 0 Å². The lowest BCUT2D eigenvalue weighted by Gasteiger charge is -2.21. The van der Waals surface area contributed by atoms with E-state index in [1.807, 2.05) is 6.08 Å². The highest BCUT2D eigenvalue weighted by Gasteiger charge is 2.12. The van der Waals surface area contributed by atoms with E-state index in [0.29, 0.717) is 0 Å². The standard InChI is InChI=1S/C29H36/c1-2-3-4-5-7-12-26-14-17-28(18-15-26)21-24-29-22-19-27(20-23-29)16-13-25-10-8-6-9-11-25/h2,14-15,17-20,22-23,25H,1,3-13,16H2. The Bertz CT molecular complexity index is 777. The van der Waals surface area contributed by atoms with Crippen LogP contribution in [0.2, 0.25) is 0 Å². The van der Waals surface area contributed by atoms with Gasteiger partial charge in [0.25, 0.3) is 0 Å². The van der Waals surface area contributed by atoms with E-state index in [4.69, 9.17) is 0 Å². The molecule has 0 radical (unpaired) electrons. The van der Waals surface area contributed by atoms with Gasteiger partial charge in [-0.3, -0.25) is 0 Å². The molecule has 1 fully saturated rings. The van der Waals surface area contributed by atoms with Crippen molar-refractivity contribution >= 4 is 0 Å². The summed E-state index contributed by atoms with van der Waals surface area (Å²) in [5.74, 6) is 7.59. The minimum Gasteiger partial charge on any atom is -0.103 e. The molecular weight excluding hydrogens is 348 g/mol. The Kier molecular flexibility index (Phi) is 9.12. The fraction of sp³-hybridized carbons (Fsp3) is 0.448. The average Bonchev–Trinajstić information content (AvgIpc) is 2.78. The number of benzene rings is 2. The Morgan fingerprint density at radius 2 is 1.31 bits per heavy atom. The second-order valence-electron chi connectivity index (χ2n) is 8.57. The van der Waals surface area contributed by atoms with Gasteiger partial charge in [0.1, 0.15) is 0 Å². The predicted molar refractivity (Wildman–Crippen MR) is 126 cm³/mol. The molecule has 0 unspecified atom stereocenters. The van der Waals surface area contributed by atoms with E-state index in [2.05, 4.69) is 67.0 Å². The van der Waals surface area contributed by atoms with E-state index in [1.165, 1.54) is 75.3 Å². The molecule has 0 spiro atoms. The maximum Gasteiger partial charge on any atom is 0.0249 e. The van der Waals surface area contributed by atoms with Crippen LogP contribution in [0, 0.1) is 17.8 Å². The van der Waals surface area contributed by atoms with Crippen molar-refractivity contribution in [1.82, 2.24) is 0 Å². The van der Waals surface area contributed by atoms with E-state index < -0.39 is 0 Å². The first-order valence-electron chi connectivity index (χ1n) is 11.6. The maximum absolute atomic E-state index is 3.78.